The Labute approximate surface area is 159 Å². The van der Waals surface area contributed by atoms with Crippen molar-refractivity contribution in [1.82, 2.24) is 14.9 Å². The number of carbonyl (C=O) groups is 2. The van der Waals surface area contributed by atoms with Crippen LogP contribution in [0.5, 0.6) is 0 Å². The Bertz CT molecular complexity index is 858. The van der Waals surface area contributed by atoms with Crippen molar-refractivity contribution in [3.8, 4) is 11.3 Å². The molecule has 142 valence electrons. The third kappa shape index (κ3) is 4.51. The summed E-state index contributed by atoms with van der Waals surface area (Å²) < 4.78 is 0. The van der Waals surface area contributed by atoms with Gasteiger partial charge in [0.2, 0.25) is 5.91 Å². The normalized spacial score (nSPS) is 17.1. The Hall–Kier alpha value is -2.76. The zero-order valence-electron chi connectivity index (χ0n) is 16.0. The van der Waals surface area contributed by atoms with Crippen molar-refractivity contribution in [1.29, 1.82) is 0 Å². The van der Waals surface area contributed by atoms with Crippen LogP contribution in [0, 0.1) is 11.3 Å². The summed E-state index contributed by atoms with van der Waals surface area (Å²) in [4.78, 5) is 34.2. The molecule has 1 fully saturated rings. The van der Waals surface area contributed by atoms with Gasteiger partial charge >= 0.3 is 5.97 Å². The number of aromatic carboxylic acids is 1. The first-order valence-electron chi connectivity index (χ1n) is 9.18. The van der Waals surface area contributed by atoms with Crippen LogP contribution in [0.25, 0.3) is 11.3 Å². The Morgan fingerprint density at radius 1 is 1.26 bits per heavy atom. The third-order valence-electron chi connectivity index (χ3n) is 4.80. The SMILES string of the molecule is CC(C)(C)C(=O)N1CCC(Cc2cccc(-c3cncc(C(=O)O)c3)n2)C1. The van der Waals surface area contributed by atoms with E-state index in [-0.39, 0.29) is 16.9 Å². The average molecular weight is 367 g/mol. The van der Waals surface area contributed by atoms with Gasteiger partial charge in [-0.05, 0) is 37.0 Å². The van der Waals surface area contributed by atoms with Gasteiger partial charge in [0.05, 0.1) is 11.3 Å². The molecule has 1 aliphatic heterocycles. The van der Waals surface area contributed by atoms with Gasteiger partial charge in [0, 0.05) is 42.2 Å². The molecule has 0 spiro atoms. The summed E-state index contributed by atoms with van der Waals surface area (Å²) in [7, 11) is 0. The van der Waals surface area contributed by atoms with Gasteiger partial charge in [-0.3, -0.25) is 14.8 Å². The van der Waals surface area contributed by atoms with E-state index in [1.807, 2.05) is 43.9 Å². The highest BCUT2D eigenvalue weighted by atomic mass is 16.4. The molecule has 2 aromatic heterocycles. The summed E-state index contributed by atoms with van der Waals surface area (Å²) in [5, 5.41) is 9.13. The molecule has 0 saturated carbocycles. The van der Waals surface area contributed by atoms with E-state index in [0.29, 0.717) is 17.2 Å². The molecule has 6 heteroatoms. The van der Waals surface area contributed by atoms with Crippen LogP contribution in [0.3, 0.4) is 0 Å². The smallest absolute Gasteiger partial charge is 0.337 e. The molecule has 1 amide bonds. The van der Waals surface area contributed by atoms with Crippen LogP contribution in [-0.2, 0) is 11.2 Å². The second-order valence-electron chi connectivity index (χ2n) is 8.14. The fourth-order valence-electron chi connectivity index (χ4n) is 3.40. The van der Waals surface area contributed by atoms with Crippen molar-refractivity contribution >= 4 is 11.9 Å². The van der Waals surface area contributed by atoms with Crippen molar-refractivity contribution < 1.29 is 14.7 Å². The molecule has 3 rings (SSSR count). The monoisotopic (exact) mass is 367 g/mol. The highest BCUT2D eigenvalue weighted by Gasteiger charge is 2.32. The number of hydrogen-bond acceptors (Lipinski definition) is 4. The lowest BCUT2D eigenvalue weighted by molar-refractivity contribution is -0.138. The number of pyridine rings is 2. The zero-order chi connectivity index (χ0) is 19.6. The Kier molecular flexibility index (Phi) is 5.26. The number of nitrogens with zero attached hydrogens (tertiary/aromatic N) is 3. The second-order valence-corrected chi connectivity index (χ2v) is 8.14. The van der Waals surface area contributed by atoms with Crippen LogP contribution < -0.4 is 0 Å². The van der Waals surface area contributed by atoms with Crippen molar-refractivity contribution in [3.05, 3.63) is 47.9 Å². The lowest BCUT2D eigenvalue weighted by atomic mass is 9.95. The molecule has 1 atom stereocenters. The molecule has 1 saturated heterocycles. The third-order valence-corrected chi connectivity index (χ3v) is 4.80. The summed E-state index contributed by atoms with van der Waals surface area (Å²) in [6.07, 6.45) is 4.73. The number of amides is 1. The van der Waals surface area contributed by atoms with Gasteiger partial charge in [-0.15, -0.1) is 0 Å². The molecule has 0 aliphatic carbocycles. The Morgan fingerprint density at radius 2 is 2.04 bits per heavy atom. The molecule has 0 bridgehead atoms. The van der Waals surface area contributed by atoms with Crippen molar-refractivity contribution in [3.63, 3.8) is 0 Å². The Balaban J connectivity index is 1.71. The van der Waals surface area contributed by atoms with E-state index < -0.39 is 5.97 Å². The van der Waals surface area contributed by atoms with Gasteiger partial charge < -0.3 is 10.0 Å². The summed E-state index contributed by atoms with van der Waals surface area (Å²) in [5.74, 6) is -0.416. The summed E-state index contributed by atoms with van der Waals surface area (Å²) in [5.41, 5.74) is 2.14. The summed E-state index contributed by atoms with van der Waals surface area (Å²) in [6, 6.07) is 7.35. The van der Waals surface area contributed by atoms with E-state index >= 15 is 0 Å². The van der Waals surface area contributed by atoms with E-state index in [0.717, 1.165) is 31.6 Å². The molecule has 0 aromatic carbocycles. The molecule has 1 N–H and O–H groups in total. The zero-order valence-corrected chi connectivity index (χ0v) is 16.0. The predicted molar refractivity (Wildman–Crippen MR) is 102 cm³/mol. The van der Waals surface area contributed by atoms with Crippen LogP contribution >= 0.6 is 0 Å². The minimum atomic E-state index is -1.00. The van der Waals surface area contributed by atoms with Crippen LogP contribution in [0.15, 0.2) is 36.7 Å². The quantitative estimate of drug-likeness (QED) is 0.897. The van der Waals surface area contributed by atoms with E-state index in [2.05, 4.69) is 9.97 Å². The first-order valence-corrected chi connectivity index (χ1v) is 9.18. The maximum atomic E-state index is 12.4. The molecule has 27 heavy (non-hydrogen) atoms. The van der Waals surface area contributed by atoms with Gasteiger partial charge in [-0.25, -0.2) is 4.79 Å². The molecule has 0 radical (unpaired) electrons. The molecule has 1 aliphatic rings. The van der Waals surface area contributed by atoms with E-state index in [4.69, 9.17) is 5.11 Å². The average Bonchev–Trinajstić information content (AvgIpc) is 3.09. The summed E-state index contributed by atoms with van der Waals surface area (Å²) >= 11 is 0. The van der Waals surface area contributed by atoms with E-state index in [1.165, 1.54) is 6.20 Å². The largest absolute Gasteiger partial charge is 0.478 e. The van der Waals surface area contributed by atoms with Crippen molar-refractivity contribution in [2.24, 2.45) is 11.3 Å². The minimum Gasteiger partial charge on any atom is -0.478 e. The number of hydrogen-bond donors (Lipinski definition) is 1. The first-order chi connectivity index (χ1) is 12.7. The van der Waals surface area contributed by atoms with Crippen LogP contribution in [-0.4, -0.2) is 44.9 Å². The maximum Gasteiger partial charge on any atom is 0.337 e. The van der Waals surface area contributed by atoms with Gasteiger partial charge in [-0.2, -0.15) is 0 Å². The molecular formula is C21H25N3O3. The number of carboxylic acid groups (broad SMARTS) is 1. The molecule has 1 unspecified atom stereocenters. The highest BCUT2D eigenvalue weighted by Crippen LogP contribution is 2.26. The molecule has 6 nitrogen and oxygen atoms in total. The summed E-state index contributed by atoms with van der Waals surface area (Å²) in [6.45, 7) is 7.41. The number of aromatic nitrogens is 2. The maximum absolute atomic E-state index is 12.4. The predicted octanol–water partition coefficient (Wildman–Crippen LogP) is 3.28. The molecule has 3 heterocycles. The second kappa shape index (κ2) is 7.47. The Morgan fingerprint density at radius 3 is 2.74 bits per heavy atom. The number of likely N-dealkylation sites (tertiary alicyclic amines) is 1. The van der Waals surface area contributed by atoms with Crippen molar-refractivity contribution in [2.75, 3.05) is 13.1 Å². The highest BCUT2D eigenvalue weighted by molar-refractivity contribution is 5.88. The number of rotatable bonds is 4. The molecular weight excluding hydrogens is 342 g/mol. The number of carboxylic acids is 1. The van der Waals surface area contributed by atoms with Gasteiger partial charge in [0.15, 0.2) is 0 Å². The minimum absolute atomic E-state index is 0.145. The van der Waals surface area contributed by atoms with Gasteiger partial charge in [-0.1, -0.05) is 26.8 Å². The van der Waals surface area contributed by atoms with Crippen LogP contribution in [0.2, 0.25) is 0 Å². The fourth-order valence-corrected chi connectivity index (χ4v) is 3.40. The van der Waals surface area contributed by atoms with Crippen molar-refractivity contribution in [2.45, 2.75) is 33.6 Å². The van der Waals surface area contributed by atoms with E-state index in [9.17, 15) is 9.59 Å². The lowest BCUT2D eigenvalue weighted by Crippen LogP contribution is -2.38. The standard InChI is InChI=1S/C21H25N3O3/c1-21(2,3)20(27)24-8-7-14(13-24)9-17-5-4-6-18(23-17)15-10-16(19(25)26)12-22-11-15/h4-6,10-12,14H,7-9,13H2,1-3H3,(H,25,26). The van der Waals surface area contributed by atoms with Gasteiger partial charge in [0.25, 0.3) is 0 Å². The lowest BCUT2D eigenvalue weighted by Gasteiger charge is -2.25. The van der Waals surface area contributed by atoms with E-state index in [1.54, 1.807) is 12.3 Å². The fraction of sp³-hybridized carbons (Fsp3) is 0.429. The molecule has 2 aromatic rings. The van der Waals surface area contributed by atoms with Gasteiger partial charge in [0.1, 0.15) is 0 Å². The number of carbonyl (C=O) groups excluding carboxylic acids is 1. The first kappa shape index (κ1) is 19.0. The van der Waals surface area contributed by atoms with Crippen LogP contribution in [0.1, 0.15) is 43.2 Å². The van der Waals surface area contributed by atoms with Crippen LogP contribution in [0.4, 0.5) is 0 Å². The topological polar surface area (TPSA) is 83.4 Å².